The fraction of sp³-hybridized carbons (Fsp3) is 0.556. The maximum absolute atomic E-state index is 12.4. The molecule has 0 bridgehead atoms. The number of carbonyl (C=O) groups excluding carboxylic acids is 1. The van der Waals surface area contributed by atoms with Crippen LogP contribution in [0, 0.1) is 12.8 Å². The highest BCUT2D eigenvalue weighted by atomic mass is 16.3. The van der Waals surface area contributed by atoms with E-state index in [4.69, 9.17) is 4.42 Å². The number of aromatic nitrogens is 3. The average molecular weight is 343 g/mol. The van der Waals surface area contributed by atoms with Gasteiger partial charge in [-0.2, -0.15) is 0 Å². The van der Waals surface area contributed by atoms with Crippen molar-refractivity contribution >= 4 is 5.91 Å². The smallest absolute Gasteiger partial charge is 0.276 e. The summed E-state index contributed by atoms with van der Waals surface area (Å²) in [6.45, 7) is 4.07. The molecule has 0 unspecified atom stereocenters. The Balaban J connectivity index is 1.51. The van der Waals surface area contributed by atoms with Crippen LogP contribution in [0.15, 0.2) is 23.2 Å². The normalized spacial score (nSPS) is 15.8. The molecule has 0 atom stereocenters. The molecule has 0 radical (unpaired) electrons. The minimum Gasteiger partial charge on any atom is -0.448 e. The molecule has 3 rings (SSSR count). The predicted octanol–water partition coefficient (Wildman–Crippen LogP) is 1.93. The SMILES string of the molecule is Cc1ocnc1C(=O)N1CCC(Cc2cnc(CN(C)C)cn2)CC1. The van der Waals surface area contributed by atoms with Crippen molar-refractivity contribution < 1.29 is 9.21 Å². The van der Waals surface area contributed by atoms with Gasteiger partial charge >= 0.3 is 0 Å². The summed E-state index contributed by atoms with van der Waals surface area (Å²) in [6, 6.07) is 0. The number of likely N-dealkylation sites (tertiary alicyclic amines) is 1. The van der Waals surface area contributed by atoms with E-state index in [2.05, 4.69) is 19.9 Å². The van der Waals surface area contributed by atoms with Crippen LogP contribution in [-0.2, 0) is 13.0 Å². The van der Waals surface area contributed by atoms with Gasteiger partial charge in [0.1, 0.15) is 5.76 Å². The van der Waals surface area contributed by atoms with Gasteiger partial charge in [-0.3, -0.25) is 14.8 Å². The van der Waals surface area contributed by atoms with Gasteiger partial charge in [0.05, 0.1) is 17.6 Å². The van der Waals surface area contributed by atoms with Gasteiger partial charge in [-0.15, -0.1) is 0 Å². The maximum Gasteiger partial charge on any atom is 0.276 e. The molecule has 1 saturated heterocycles. The van der Waals surface area contributed by atoms with Crippen LogP contribution < -0.4 is 0 Å². The fourth-order valence-corrected chi connectivity index (χ4v) is 3.19. The molecule has 0 saturated carbocycles. The second-order valence-electron chi connectivity index (χ2n) is 6.93. The van der Waals surface area contributed by atoms with E-state index in [0.29, 0.717) is 17.4 Å². The maximum atomic E-state index is 12.4. The van der Waals surface area contributed by atoms with Crippen LogP contribution in [0.3, 0.4) is 0 Å². The van der Waals surface area contributed by atoms with Crippen LogP contribution in [0.2, 0.25) is 0 Å². The molecule has 7 nitrogen and oxygen atoms in total. The molecule has 0 aliphatic carbocycles. The summed E-state index contributed by atoms with van der Waals surface area (Å²) in [6.07, 6.45) is 7.94. The van der Waals surface area contributed by atoms with Crippen molar-refractivity contribution in [2.75, 3.05) is 27.2 Å². The van der Waals surface area contributed by atoms with E-state index in [9.17, 15) is 4.79 Å². The second-order valence-corrected chi connectivity index (χ2v) is 6.93. The highest BCUT2D eigenvalue weighted by Gasteiger charge is 2.26. The first-order valence-electron chi connectivity index (χ1n) is 8.67. The number of aryl methyl sites for hydroxylation is 1. The Hall–Kier alpha value is -2.28. The Morgan fingerprint density at radius 3 is 2.44 bits per heavy atom. The largest absolute Gasteiger partial charge is 0.448 e. The van der Waals surface area contributed by atoms with Gasteiger partial charge in [0.25, 0.3) is 5.91 Å². The molecule has 7 heteroatoms. The summed E-state index contributed by atoms with van der Waals surface area (Å²) in [7, 11) is 4.04. The van der Waals surface area contributed by atoms with Gasteiger partial charge in [0.2, 0.25) is 0 Å². The first kappa shape index (κ1) is 17.5. The van der Waals surface area contributed by atoms with Crippen molar-refractivity contribution in [2.24, 2.45) is 5.92 Å². The zero-order valence-corrected chi connectivity index (χ0v) is 15.1. The quantitative estimate of drug-likeness (QED) is 0.826. The van der Waals surface area contributed by atoms with Crippen molar-refractivity contribution in [2.45, 2.75) is 32.7 Å². The number of amides is 1. The van der Waals surface area contributed by atoms with E-state index < -0.39 is 0 Å². The molecule has 25 heavy (non-hydrogen) atoms. The summed E-state index contributed by atoms with van der Waals surface area (Å²) in [5.74, 6) is 1.09. The summed E-state index contributed by atoms with van der Waals surface area (Å²) in [4.78, 5) is 29.4. The number of piperidine rings is 1. The van der Waals surface area contributed by atoms with Crippen molar-refractivity contribution in [3.8, 4) is 0 Å². The zero-order valence-electron chi connectivity index (χ0n) is 15.1. The van der Waals surface area contributed by atoms with Crippen molar-refractivity contribution in [1.29, 1.82) is 0 Å². The molecule has 2 aromatic rings. The number of carbonyl (C=O) groups is 1. The molecule has 2 aromatic heterocycles. The van der Waals surface area contributed by atoms with Gasteiger partial charge in [-0.25, -0.2) is 4.98 Å². The molecule has 0 spiro atoms. The highest BCUT2D eigenvalue weighted by molar-refractivity contribution is 5.93. The Morgan fingerprint density at radius 2 is 1.88 bits per heavy atom. The molecule has 0 aromatic carbocycles. The fourth-order valence-electron chi connectivity index (χ4n) is 3.19. The van der Waals surface area contributed by atoms with Gasteiger partial charge in [-0.05, 0) is 46.2 Å². The van der Waals surface area contributed by atoms with E-state index in [0.717, 1.165) is 50.3 Å². The monoisotopic (exact) mass is 343 g/mol. The summed E-state index contributed by atoms with van der Waals surface area (Å²) in [5.41, 5.74) is 2.44. The zero-order chi connectivity index (χ0) is 17.8. The molecule has 1 aliphatic rings. The lowest BCUT2D eigenvalue weighted by Crippen LogP contribution is -2.39. The third-order valence-electron chi connectivity index (χ3n) is 4.58. The van der Waals surface area contributed by atoms with Crippen molar-refractivity contribution in [3.63, 3.8) is 0 Å². The van der Waals surface area contributed by atoms with Gasteiger partial charge < -0.3 is 14.2 Å². The first-order valence-corrected chi connectivity index (χ1v) is 8.67. The Kier molecular flexibility index (Phi) is 5.43. The third-order valence-corrected chi connectivity index (χ3v) is 4.58. The summed E-state index contributed by atoms with van der Waals surface area (Å²) < 4.78 is 5.13. The number of hydrogen-bond acceptors (Lipinski definition) is 6. The van der Waals surface area contributed by atoms with Crippen LogP contribution in [0.4, 0.5) is 0 Å². The third kappa shape index (κ3) is 4.42. The Morgan fingerprint density at radius 1 is 1.20 bits per heavy atom. The van der Waals surface area contributed by atoms with Crippen LogP contribution in [0.5, 0.6) is 0 Å². The predicted molar refractivity (Wildman–Crippen MR) is 93.0 cm³/mol. The minimum absolute atomic E-state index is 0.0301. The Bertz CT molecular complexity index is 703. The molecular weight excluding hydrogens is 318 g/mol. The van der Waals surface area contributed by atoms with E-state index >= 15 is 0 Å². The van der Waals surface area contributed by atoms with Crippen molar-refractivity contribution in [1.82, 2.24) is 24.8 Å². The number of nitrogens with zero attached hydrogens (tertiary/aromatic N) is 5. The highest BCUT2D eigenvalue weighted by Crippen LogP contribution is 2.22. The van der Waals surface area contributed by atoms with Gasteiger partial charge in [0.15, 0.2) is 12.1 Å². The van der Waals surface area contributed by atoms with E-state index in [1.165, 1.54) is 6.39 Å². The van der Waals surface area contributed by atoms with Gasteiger partial charge in [0, 0.05) is 25.8 Å². The lowest BCUT2D eigenvalue weighted by molar-refractivity contribution is 0.0683. The van der Waals surface area contributed by atoms with Gasteiger partial charge in [-0.1, -0.05) is 0 Å². The standard InChI is InChI=1S/C18H25N5O2/c1-13-17(21-12-25-13)18(24)23-6-4-14(5-7-23)8-15-9-20-16(10-19-15)11-22(2)3/h9-10,12,14H,4-8,11H2,1-3H3. The van der Waals surface area contributed by atoms with Crippen molar-refractivity contribution in [3.05, 3.63) is 41.6 Å². The summed E-state index contributed by atoms with van der Waals surface area (Å²) in [5, 5.41) is 0. The number of oxazole rings is 1. The Labute approximate surface area is 148 Å². The first-order chi connectivity index (χ1) is 12.0. The van der Waals surface area contributed by atoms with E-state index in [-0.39, 0.29) is 5.91 Å². The molecular formula is C18H25N5O2. The molecule has 1 fully saturated rings. The number of rotatable bonds is 5. The molecule has 0 N–H and O–H groups in total. The van der Waals surface area contributed by atoms with E-state index in [1.807, 2.05) is 31.4 Å². The average Bonchev–Trinajstić information content (AvgIpc) is 3.02. The van der Waals surface area contributed by atoms with Crippen LogP contribution in [-0.4, -0.2) is 57.8 Å². The van der Waals surface area contributed by atoms with Crippen LogP contribution in [0.25, 0.3) is 0 Å². The lowest BCUT2D eigenvalue weighted by atomic mass is 9.92. The number of hydrogen-bond donors (Lipinski definition) is 0. The lowest BCUT2D eigenvalue weighted by Gasteiger charge is -2.31. The minimum atomic E-state index is -0.0301. The van der Waals surface area contributed by atoms with Crippen LogP contribution >= 0.6 is 0 Å². The summed E-state index contributed by atoms with van der Waals surface area (Å²) >= 11 is 0. The van der Waals surface area contributed by atoms with E-state index in [1.54, 1.807) is 6.92 Å². The van der Waals surface area contributed by atoms with Crippen LogP contribution in [0.1, 0.15) is 40.5 Å². The topological polar surface area (TPSA) is 75.4 Å². The second kappa shape index (κ2) is 7.74. The molecule has 3 heterocycles. The molecule has 134 valence electrons. The molecule has 1 aliphatic heterocycles. The molecule has 1 amide bonds.